The van der Waals surface area contributed by atoms with E-state index < -0.39 is 0 Å². The standard InChI is InChI=1S/C31H62N2O/c1-5-7-9-11-13-14-15-16-17-18-19-20-22-24-26-28-30(32-31(34)29-33(3)4)27-25-23-21-12-10-8-6-2/h16-17,30H,5-15,18-29H2,1-4H3,(H,32,34)/b17-16+/t30-/m0/s1. The summed E-state index contributed by atoms with van der Waals surface area (Å²) in [5.41, 5.74) is 0. The first kappa shape index (κ1) is 33.2. The summed E-state index contributed by atoms with van der Waals surface area (Å²) in [5, 5.41) is 3.32. The third kappa shape index (κ3) is 25.8. The van der Waals surface area contributed by atoms with E-state index in [1.54, 1.807) is 0 Å². The van der Waals surface area contributed by atoms with E-state index in [1.807, 2.05) is 19.0 Å². The first-order chi connectivity index (χ1) is 16.6. The van der Waals surface area contributed by atoms with E-state index in [2.05, 4.69) is 31.3 Å². The first-order valence-corrected chi connectivity index (χ1v) is 15.2. The zero-order valence-electron chi connectivity index (χ0n) is 23.9. The van der Waals surface area contributed by atoms with Crippen LogP contribution in [0.3, 0.4) is 0 Å². The van der Waals surface area contributed by atoms with Crippen molar-refractivity contribution in [3.8, 4) is 0 Å². The van der Waals surface area contributed by atoms with Gasteiger partial charge in [0.1, 0.15) is 0 Å². The summed E-state index contributed by atoms with van der Waals surface area (Å²) in [6, 6.07) is 0.369. The molecule has 1 amide bonds. The van der Waals surface area contributed by atoms with E-state index in [9.17, 15) is 4.79 Å². The van der Waals surface area contributed by atoms with Crippen molar-refractivity contribution in [2.45, 2.75) is 161 Å². The van der Waals surface area contributed by atoms with E-state index in [0.717, 1.165) is 12.8 Å². The predicted molar refractivity (Wildman–Crippen MR) is 153 cm³/mol. The average Bonchev–Trinajstić information content (AvgIpc) is 2.80. The normalized spacial score (nSPS) is 12.6. The summed E-state index contributed by atoms with van der Waals surface area (Å²) >= 11 is 0. The number of nitrogens with zero attached hydrogens (tertiary/aromatic N) is 1. The van der Waals surface area contributed by atoms with Crippen LogP contribution in [0.25, 0.3) is 0 Å². The smallest absolute Gasteiger partial charge is 0.234 e. The SMILES string of the molecule is CCCCCCCC/C=C/CCCCCCC[C@H](CCCCCCCCC)NC(=O)CN(C)C. The highest BCUT2D eigenvalue weighted by molar-refractivity contribution is 5.78. The maximum atomic E-state index is 12.3. The van der Waals surface area contributed by atoms with Crippen molar-refractivity contribution in [3.63, 3.8) is 0 Å². The van der Waals surface area contributed by atoms with Gasteiger partial charge in [-0.3, -0.25) is 4.79 Å². The topological polar surface area (TPSA) is 32.3 Å². The highest BCUT2D eigenvalue weighted by Crippen LogP contribution is 2.15. The second-order valence-corrected chi connectivity index (χ2v) is 10.8. The molecule has 0 spiro atoms. The molecule has 3 heteroatoms. The Labute approximate surface area is 214 Å². The number of likely N-dealkylation sites (N-methyl/N-ethyl adjacent to an activating group) is 1. The van der Waals surface area contributed by atoms with Gasteiger partial charge in [0.25, 0.3) is 0 Å². The number of allylic oxidation sites excluding steroid dienone is 2. The zero-order valence-corrected chi connectivity index (χ0v) is 23.9. The number of carbonyl (C=O) groups is 1. The monoisotopic (exact) mass is 478 g/mol. The van der Waals surface area contributed by atoms with Gasteiger partial charge in [-0.05, 0) is 52.6 Å². The van der Waals surface area contributed by atoms with Gasteiger partial charge in [0.15, 0.2) is 0 Å². The van der Waals surface area contributed by atoms with E-state index in [0.29, 0.717) is 12.6 Å². The molecule has 0 aliphatic heterocycles. The van der Waals surface area contributed by atoms with Gasteiger partial charge in [0.2, 0.25) is 5.91 Å². The van der Waals surface area contributed by atoms with E-state index in [-0.39, 0.29) is 5.91 Å². The molecule has 0 rings (SSSR count). The molecule has 0 saturated heterocycles. The van der Waals surface area contributed by atoms with Gasteiger partial charge >= 0.3 is 0 Å². The molecule has 0 heterocycles. The molecule has 1 atom stereocenters. The number of carbonyl (C=O) groups excluding carboxylic acids is 1. The molecule has 0 fully saturated rings. The van der Waals surface area contributed by atoms with Crippen LogP contribution in [-0.4, -0.2) is 37.5 Å². The highest BCUT2D eigenvalue weighted by Gasteiger charge is 2.12. The number of amides is 1. The number of rotatable bonds is 26. The first-order valence-electron chi connectivity index (χ1n) is 15.2. The molecule has 0 aliphatic rings. The van der Waals surface area contributed by atoms with Crippen LogP contribution in [0.2, 0.25) is 0 Å². The predicted octanol–water partition coefficient (Wildman–Crippen LogP) is 9.21. The molecule has 0 radical (unpaired) electrons. The zero-order chi connectivity index (χ0) is 25.1. The van der Waals surface area contributed by atoms with Crippen molar-refractivity contribution in [1.29, 1.82) is 0 Å². The maximum absolute atomic E-state index is 12.3. The van der Waals surface area contributed by atoms with Crippen molar-refractivity contribution in [2.75, 3.05) is 20.6 Å². The van der Waals surface area contributed by atoms with E-state index >= 15 is 0 Å². The van der Waals surface area contributed by atoms with E-state index in [1.165, 1.54) is 128 Å². The molecular formula is C31H62N2O. The Kier molecular flexibility index (Phi) is 26.1. The van der Waals surface area contributed by atoms with Crippen LogP contribution in [-0.2, 0) is 4.79 Å². The van der Waals surface area contributed by atoms with Crippen molar-refractivity contribution in [3.05, 3.63) is 12.2 Å². The van der Waals surface area contributed by atoms with Crippen LogP contribution < -0.4 is 5.32 Å². The summed E-state index contributed by atoms with van der Waals surface area (Å²) in [4.78, 5) is 14.2. The Hall–Kier alpha value is -0.830. The molecule has 202 valence electrons. The molecule has 34 heavy (non-hydrogen) atoms. The van der Waals surface area contributed by atoms with Crippen LogP contribution in [0.4, 0.5) is 0 Å². The van der Waals surface area contributed by atoms with Crippen LogP contribution in [0.1, 0.15) is 155 Å². The molecule has 0 saturated carbocycles. The van der Waals surface area contributed by atoms with Crippen LogP contribution in [0, 0.1) is 0 Å². The quantitative estimate of drug-likeness (QED) is 0.0992. The van der Waals surface area contributed by atoms with Gasteiger partial charge in [-0.1, -0.05) is 129 Å². The summed E-state index contributed by atoms with van der Waals surface area (Å²) in [7, 11) is 3.93. The second kappa shape index (κ2) is 26.8. The third-order valence-corrected chi connectivity index (χ3v) is 6.80. The Morgan fingerprint density at radius 1 is 0.618 bits per heavy atom. The summed E-state index contributed by atoms with van der Waals surface area (Å²) in [6.45, 7) is 5.06. The molecule has 1 N–H and O–H groups in total. The molecular weight excluding hydrogens is 416 g/mol. The second-order valence-electron chi connectivity index (χ2n) is 10.8. The van der Waals surface area contributed by atoms with Crippen LogP contribution in [0.5, 0.6) is 0 Å². The van der Waals surface area contributed by atoms with Gasteiger partial charge in [-0.2, -0.15) is 0 Å². The lowest BCUT2D eigenvalue weighted by atomic mass is 9.99. The number of hydrogen-bond donors (Lipinski definition) is 1. The molecule has 0 bridgehead atoms. The lowest BCUT2D eigenvalue weighted by Crippen LogP contribution is -2.40. The van der Waals surface area contributed by atoms with Crippen molar-refractivity contribution >= 4 is 5.91 Å². The van der Waals surface area contributed by atoms with Gasteiger partial charge in [-0.15, -0.1) is 0 Å². The minimum Gasteiger partial charge on any atom is -0.352 e. The lowest BCUT2D eigenvalue weighted by molar-refractivity contribution is -0.122. The van der Waals surface area contributed by atoms with Crippen molar-refractivity contribution in [2.24, 2.45) is 0 Å². The number of nitrogens with one attached hydrogen (secondary N) is 1. The van der Waals surface area contributed by atoms with E-state index in [4.69, 9.17) is 0 Å². The molecule has 0 aliphatic carbocycles. The van der Waals surface area contributed by atoms with Gasteiger partial charge in [0.05, 0.1) is 6.54 Å². The number of unbranched alkanes of at least 4 members (excludes halogenated alkanes) is 17. The Bertz CT molecular complexity index is 447. The van der Waals surface area contributed by atoms with Crippen molar-refractivity contribution in [1.82, 2.24) is 10.2 Å². The Balaban J connectivity index is 3.82. The number of hydrogen-bond acceptors (Lipinski definition) is 2. The minimum absolute atomic E-state index is 0.186. The largest absolute Gasteiger partial charge is 0.352 e. The summed E-state index contributed by atoms with van der Waals surface area (Å²) < 4.78 is 0. The van der Waals surface area contributed by atoms with Gasteiger partial charge in [0, 0.05) is 6.04 Å². The molecule has 3 nitrogen and oxygen atoms in total. The van der Waals surface area contributed by atoms with Gasteiger partial charge < -0.3 is 10.2 Å². The van der Waals surface area contributed by atoms with Gasteiger partial charge in [-0.25, -0.2) is 0 Å². The molecule has 0 aromatic heterocycles. The molecule has 0 unspecified atom stereocenters. The van der Waals surface area contributed by atoms with Crippen molar-refractivity contribution < 1.29 is 4.79 Å². The molecule has 0 aromatic rings. The fourth-order valence-corrected chi connectivity index (χ4v) is 4.66. The Morgan fingerprint density at radius 2 is 1.00 bits per heavy atom. The average molecular weight is 479 g/mol. The van der Waals surface area contributed by atoms with Crippen LogP contribution >= 0.6 is 0 Å². The lowest BCUT2D eigenvalue weighted by Gasteiger charge is -2.20. The minimum atomic E-state index is 0.186. The fraction of sp³-hybridized carbons (Fsp3) is 0.903. The van der Waals surface area contributed by atoms with Crippen LogP contribution in [0.15, 0.2) is 12.2 Å². The highest BCUT2D eigenvalue weighted by atomic mass is 16.2. The Morgan fingerprint density at radius 3 is 1.41 bits per heavy atom. The maximum Gasteiger partial charge on any atom is 0.234 e. The summed E-state index contributed by atoms with van der Waals surface area (Å²) in [5.74, 6) is 0.186. The third-order valence-electron chi connectivity index (χ3n) is 6.80. The summed E-state index contributed by atoms with van der Waals surface area (Å²) in [6.07, 6.45) is 33.9. The fourth-order valence-electron chi connectivity index (χ4n) is 4.66. The molecule has 0 aromatic carbocycles.